The molecule has 2 amide bonds. The van der Waals surface area contributed by atoms with Gasteiger partial charge in [0.15, 0.2) is 0 Å². The highest BCUT2D eigenvalue weighted by molar-refractivity contribution is 8.07. The molecule has 37 heavy (non-hydrogen) atoms. The van der Waals surface area contributed by atoms with Crippen LogP contribution in [0.5, 0.6) is 0 Å². The zero-order chi connectivity index (χ0) is 26.7. The fraction of sp³-hybridized carbons (Fsp3) is 0.381. The maximum atomic E-state index is 13.0. The molecule has 0 bridgehead atoms. The molecule has 0 radical (unpaired) electrons. The predicted molar refractivity (Wildman–Crippen MR) is 145 cm³/mol. The van der Waals surface area contributed by atoms with E-state index in [1.807, 2.05) is 6.92 Å². The first kappa shape index (κ1) is 27.4. The van der Waals surface area contributed by atoms with Crippen LogP contribution in [0.3, 0.4) is 0 Å². The number of carbonyl (C=O) groups is 3. The number of amides is 2. The molecule has 2 aliphatic rings. The van der Waals surface area contributed by atoms with Gasteiger partial charge in [-0.15, -0.1) is 28.0 Å². The number of aliphatic carboxylic acids is 1. The number of thiazole rings is 1. The molecular weight excluding hydrogens is 559 g/mol. The van der Waals surface area contributed by atoms with Gasteiger partial charge in [0.2, 0.25) is 6.04 Å². The Morgan fingerprint density at radius 2 is 2.16 bits per heavy atom. The molecule has 4 rings (SSSR count). The van der Waals surface area contributed by atoms with Crippen molar-refractivity contribution in [2.24, 2.45) is 10.9 Å². The zero-order valence-corrected chi connectivity index (χ0v) is 22.7. The fourth-order valence-electron chi connectivity index (χ4n) is 3.75. The van der Waals surface area contributed by atoms with Crippen LogP contribution in [-0.2, 0) is 20.1 Å². The van der Waals surface area contributed by atoms with E-state index in [1.165, 1.54) is 58.0 Å². The number of carbonyl (C=O) groups excluding carboxylic acids is 2. The lowest BCUT2D eigenvalue weighted by Crippen LogP contribution is -2.70. The van der Waals surface area contributed by atoms with Crippen LogP contribution in [-0.4, -0.2) is 67.2 Å². The molecule has 12 nitrogen and oxygen atoms in total. The van der Waals surface area contributed by atoms with Crippen LogP contribution in [0.1, 0.15) is 22.4 Å². The Labute approximate surface area is 228 Å². The minimum atomic E-state index is -1.50. The average Bonchev–Trinajstić information content (AvgIpc) is 3.21. The molecule has 2 aliphatic heterocycles. The van der Waals surface area contributed by atoms with Crippen molar-refractivity contribution in [3.8, 4) is 0 Å². The second kappa shape index (κ2) is 11.8. The molecule has 0 aliphatic carbocycles. The molecule has 1 fully saturated rings. The molecule has 2 aromatic rings. The molecule has 4 heterocycles. The second-order valence-corrected chi connectivity index (χ2v) is 12.7. The van der Waals surface area contributed by atoms with Gasteiger partial charge in [0.25, 0.3) is 11.8 Å². The lowest BCUT2D eigenvalue weighted by molar-refractivity contribution is -0.150. The summed E-state index contributed by atoms with van der Waals surface area (Å²) in [6, 6.07) is 1.97. The van der Waals surface area contributed by atoms with Gasteiger partial charge in [-0.2, -0.15) is 11.8 Å². The molecule has 0 spiro atoms. The Hall–Kier alpha value is -2.66. The van der Waals surface area contributed by atoms with Gasteiger partial charge in [-0.3, -0.25) is 14.5 Å². The van der Waals surface area contributed by atoms with Crippen LogP contribution in [0, 0.1) is 11.8 Å². The maximum Gasteiger partial charge on any atom is 0.353 e. The van der Waals surface area contributed by atoms with E-state index in [9.17, 15) is 24.4 Å². The second-order valence-electron chi connectivity index (χ2n) is 7.88. The smallest absolute Gasteiger partial charge is 0.353 e. The van der Waals surface area contributed by atoms with Crippen LogP contribution < -0.4 is 16.8 Å². The quantitative estimate of drug-likeness (QED) is 0.171. The summed E-state index contributed by atoms with van der Waals surface area (Å²) in [5, 5.41) is 15.6. The molecule has 1 saturated heterocycles. The van der Waals surface area contributed by atoms with Crippen molar-refractivity contribution >= 4 is 70.2 Å². The lowest BCUT2D eigenvalue weighted by atomic mass is 10.0. The Bertz CT molecular complexity index is 1270. The van der Waals surface area contributed by atoms with Crippen molar-refractivity contribution in [1.29, 1.82) is 0 Å². The first-order chi connectivity index (χ1) is 17.7. The van der Waals surface area contributed by atoms with Crippen LogP contribution >= 0.6 is 46.6 Å². The van der Waals surface area contributed by atoms with Crippen molar-refractivity contribution in [1.82, 2.24) is 20.2 Å². The number of fused-ring (bicyclic) bond motifs is 1. The number of pyridine rings is 1. The number of anilines is 1. The minimum Gasteiger partial charge on any atom is -0.477 e. The normalized spacial score (nSPS) is 19.7. The summed E-state index contributed by atoms with van der Waals surface area (Å²) >= 11 is 5.75. The van der Waals surface area contributed by atoms with E-state index in [0.717, 1.165) is 20.7 Å². The van der Waals surface area contributed by atoms with E-state index in [0.29, 0.717) is 23.0 Å². The Morgan fingerprint density at radius 3 is 2.84 bits per heavy atom. The summed E-state index contributed by atoms with van der Waals surface area (Å²) in [6.45, 7) is 2.44. The van der Waals surface area contributed by atoms with Gasteiger partial charge in [0.05, 0.1) is 20.6 Å². The number of hydrogen-bond acceptors (Lipinski definition) is 13. The summed E-state index contributed by atoms with van der Waals surface area (Å²) in [5.74, 6) is -0.747. The highest BCUT2D eigenvalue weighted by atomic mass is 32.2. The first-order valence-electron chi connectivity index (χ1n) is 10.9. The van der Waals surface area contributed by atoms with Crippen LogP contribution in [0.25, 0.3) is 0 Å². The number of nitroso groups, excluding NO2 is 1. The van der Waals surface area contributed by atoms with E-state index in [1.54, 1.807) is 11.8 Å². The topological polar surface area (TPSA) is 194 Å². The number of hydrogen-bond donors (Lipinski definition) is 4. The highest BCUT2D eigenvalue weighted by Crippen LogP contribution is 2.47. The van der Waals surface area contributed by atoms with Crippen LogP contribution in [0.15, 0.2) is 38.2 Å². The Morgan fingerprint density at radius 1 is 1.38 bits per heavy atom. The maximum absolute atomic E-state index is 13.0. The number of rotatable bonds is 11. The van der Waals surface area contributed by atoms with Crippen molar-refractivity contribution in [3.63, 3.8) is 0 Å². The van der Waals surface area contributed by atoms with E-state index in [4.69, 9.17) is 11.5 Å². The number of nitrogens with one attached hydrogen (secondary N) is 1. The van der Waals surface area contributed by atoms with Gasteiger partial charge in [-0.05, 0) is 24.2 Å². The number of carboxylic acids is 1. The molecule has 196 valence electrons. The summed E-state index contributed by atoms with van der Waals surface area (Å²) in [4.78, 5) is 59.6. The van der Waals surface area contributed by atoms with E-state index in [-0.39, 0.29) is 17.2 Å². The van der Waals surface area contributed by atoms with Gasteiger partial charge in [-0.1, -0.05) is 17.8 Å². The van der Waals surface area contributed by atoms with Gasteiger partial charge < -0.3 is 21.9 Å². The standard InChI is InChI=1S/C21H23N7O5S4/c1-9-24-11(7-34-6-5-22)21(36-9)37-12-8-35-19-15(18(30)28(19)16(12)20(31)32)26-17(29)14(27-33)10-3-2-4-13(23)25-10/h2-4,14-15,19H,5-8,22H2,1H3,(H2,23,25)(H,26,29)(H,31,32). The number of nitrogens with two attached hydrogens (primary N) is 2. The van der Waals surface area contributed by atoms with Crippen molar-refractivity contribution in [2.45, 2.75) is 34.3 Å². The summed E-state index contributed by atoms with van der Waals surface area (Å²) < 4.78 is 0.877. The number of aromatic nitrogens is 2. The molecule has 3 unspecified atom stereocenters. The van der Waals surface area contributed by atoms with E-state index < -0.39 is 35.2 Å². The van der Waals surface area contributed by atoms with Gasteiger partial charge in [0, 0.05) is 28.7 Å². The van der Waals surface area contributed by atoms with Gasteiger partial charge in [0.1, 0.15) is 22.9 Å². The molecule has 0 saturated carbocycles. The monoisotopic (exact) mass is 581 g/mol. The highest BCUT2D eigenvalue weighted by Gasteiger charge is 2.55. The summed E-state index contributed by atoms with van der Waals surface area (Å²) in [6.07, 6.45) is 0. The minimum absolute atomic E-state index is 0.0533. The number of nitrogen functional groups attached to an aromatic ring is 1. The van der Waals surface area contributed by atoms with Crippen molar-refractivity contribution in [2.75, 3.05) is 23.8 Å². The van der Waals surface area contributed by atoms with Crippen LogP contribution in [0.4, 0.5) is 5.82 Å². The summed E-state index contributed by atoms with van der Waals surface area (Å²) in [5.41, 5.74) is 12.0. The Kier molecular flexibility index (Phi) is 8.74. The van der Waals surface area contributed by atoms with Crippen molar-refractivity contribution < 1.29 is 19.5 Å². The number of aryl methyl sites for hydroxylation is 1. The van der Waals surface area contributed by atoms with Gasteiger partial charge in [-0.25, -0.2) is 14.8 Å². The predicted octanol–water partition coefficient (Wildman–Crippen LogP) is 1.92. The van der Waals surface area contributed by atoms with Crippen LogP contribution in [0.2, 0.25) is 0 Å². The SMILES string of the molecule is Cc1nc(CSCCN)c(SC2=C(C(=O)O)N3C(=O)C(NC(=O)C(N=O)c4cccc(N)n4)C3SC2)s1. The third kappa shape index (κ3) is 5.77. The number of β-lactam (4-membered cyclic amide) rings is 1. The summed E-state index contributed by atoms with van der Waals surface area (Å²) in [7, 11) is 0. The Balaban J connectivity index is 1.51. The molecule has 3 atom stereocenters. The number of nitrogens with zero attached hydrogens (tertiary/aromatic N) is 4. The fourth-order valence-corrected chi connectivity index (χ4v) is 8.51. The third-order valence-corrected chi connectivity index (χ3v) is 10.1. The molecule has 16 heteroatoms. The number of thioether (sulfide) groups is 3. The average molecular weight is 582 g/mol. The first-order valence-corrected chi connectivity index (χ1v) is 14.8. The molecule has 2 aromatic heterocycles. The lowest BCUT2D eigenvalue weighted by Gasteiger charge is -2.49. The number of carboxylic acid groups (broad SMARTS) is 1. The largest absolute Gasteiger partial charge is 0.477 e. The molecule has 6 N–H and O–H groups in total. The molecule has 0 aromatic carbocycles. The molecular formula is C21H23N7O5S4. The third-order valence-electron chi connectivity index (χ3n) is 5.35. The van der Waals surface area contributed by atoms with Gasteiger partial charge >= 0.3 is 5.97 Å². The zero-order valence-electron chi connectivity index (χ0n) is 19.4. The van der Waals surface area contributed by atoms with E-state index >= 15 is 0 Å². The van der Waals surface area contributed by atoms with Crippen molar-refractivity contribution in [3.05, 3.63) is 50.1 Å². The van der Waals surface area contributed by atoms with E-state index in [2.05, 4.69) is 20.5 Å².